The smallest absolute Gasteiger partial charge is 0.165 e. The van der Waals surface area contributed by atoms with Crippen LogP contribution in [0.15, 0.2) is 0 Å². The van der Waals surface area contributed by atoms with Crippen LogP contribution in [0.3, 0.4) is 0 Å². The lowest BCUT2D eigenvalue weighted by atomic mass is 10.3. The molecule has 74 valence electrons. The van der Waals surface area contributed by atoms with Crippen LogP contribution in [-0.2, 0) is 9.47 Å². The van der Waals surface area contributed by atoms with Crippen LogP contribution in [0.5, 0.6) is 0 Å². The molecule has 12 heavy (non-hydrogen) atoms. The molecule has 0 bridgehead atoms. The minimum Gasteiger partial charge on any atom is -0.355 e. The number of rotatable bonds is 8. The Balaban J connectivity index is 3.06. The van der Waals surface area contributed by atoms with Crippen LogP contribution < -0.4 is 0 Å². The van der Waals surface area contributed by atoms with E-state index < -0.39 is 0 Å². The van der Waals surface area contributed by atoms with Crippen LogP contribution in [0.25, 0.3) is 0 Å². The average Bonchev–Trinajstić information content (AvgIpc) is 2.11. The Labute approximate surface area is 80.0 Å². The molecule has 0 rings (SSSR count). The maximum atomic E-state index is 5.06. The van der Waals surface area contributed by atoms with Crippen molar-refractivity contribution in [1.82, 2.24) is 0 Å². The molecule has 0 aromatic heterocycles. The summed E-state index contributed by atoms with van der Waals surface area (Å²) in [6.07, 6.45) is 3.90. The van der Waals surface area contributed by atoms with Crippen molar-refractivity contribution in [3.63, 3.8) is 0 Å². The van der Waals surface area contributed by atoms with E-state index in [1.54, 1.807) is 14.2 Å². The van der Waals surface area contributed by atoms with Gasteiger partial charge < -0.3 is 9.47 Å². The lowest BCUT2D eigenvalue weighted by Gasteiger charge is -2.12. The van der Waals surface area contributed by atoms with E-state index >= 15 is 0 Å². The third-order valence-electron chi connectivity index (χ3n) is 1.67. The van der Waals surface area contributed by atoms with Gasteiger partial charge in [-0.1, -0.05) is 19.8 Å². The molecule has 0 saturated carbocycles. The highest BCUT2D eigenvalue weighted by molar-refractivity contribution is 7.99. The predicted molar refractivity (Wildman–Crippen MR) is 54.7 cm³/mol. The van der Waals surface area contributed by atoms with E-state index in [9.17, 15) is 0 Å². The van der Waals surface area contributed by atoms with Gasteiger partial charge in [-0.05, 0) is 12.2 Å². The first kappa shape index (κ1) is 12.3. The summed E-state index contributed by atoms with van der Waals surface area (Å²) in [6.45, 7) is 2.22. The summed E-state index contributed by atoms with van der Waals surface area (Å²) in [5.74, 6) is 2.16. The minimum atomic E-state index is -0.0309. The van der Waals surface area contributed by atoms with Crippen LogP contribution in [-0.4, -0.2) is 32.0 Å². The second-order valence-corrected chi connectivity index (χ2v) is 3.83. The zero-order valence-corrected chi connectivity index (χ0v) is 9.15. The van der Waals surface area contributed by atoms with Crippen LogP contribution in [0.1, 0.15) is 26.2 Å². The lowest BCUT2D eigenvalue weighted by molar-refractivity contribution is -0.0842. The van der Waals surface area contributed by atoms with Crippen molar-refractivity contribution >= 4 is 11.8 Å². The van der Waals surface area contributed by atoms with Gasteiger partial charge in [-0.3, -0.25) is 0 Å². The van der Waals surface area contributed by atoms with Gasteiger partial charge in [0, 0.05) is 20.0 Å². The molecular formula is C9H20O2S. The molecule has 0 aliphatic carbocycles. The molecule has 0 radical (unpaired) electrons. The molecule has 2 nitrogen and oxygen atoms in total. The van der Waals surface area contributed by atoms with Crippen molar-refractivity contribution in [3.05, 3.63) is 0 Å². The van der Waals surface area contributed by atoms with E-state index in [1.807, 2.05) is 11.8 Å². The molecule has 0 unspecified atom stereocenters. The van der Waals surface area contributed by atoms with Gasteiger partial charge in [-0.25, -0.2) is 0 Å². The molecule has 3 heteroatoms. The number of methoxy groups -OCH3 is 2. The number of unbranched alkanes of at least 4 members (excludes halogenated alkanes) is 2. The Morgan fingerprint density at radius 1 is 1.17 bits per heavy atom. The Morgan fingerprint density at radius 3 is 2.33 bits per heavy atom. The highest BCUT2D eigenvalue weighted by Crippen LogP contribution is 2.09. The summed E-state index contributed by atoms with van der Waals surface area (Å²) < 4.78 is 10.1. The number of ether oxygens (including phenoxy) is 2. The molecule has 0 saturated heterocycles. The maximum Gasteiger partial charge on any atom is 0.165 e. The van der Waals surface area contributed by atoms with Crippen LogP contribution in [0.2, 0.25) is 0 Å². The van der Waals surface area contributed by atoms with E-state index in [0.29, 0.717) is 0 Å². The third-order valence-corrected chi connectivity index (χ3v) is 2.76. The molecule has 0 aliphatic heterocycles. The van der Waals surface area contributed by atoms with Gasteiger partial charge in [0.05, 0.1) is 0 Å². The van der Waals surface area contributed by atoms with Gasteiger partial charge in [-0.15, -0.1) is 0 Å². The first-order valence-electron chi connectivity index (χ1n) is 4.48. The minimum absolute atomic E-state index is 0.0309. The molecule has 0 heterocycles. The molecule has 0 atom stereocenters. The summed E-state index contributed by atoms with van der Waals surface area (Å²) in [5, 5.41) is 0. The third kappa shape index (κ3) is 6.95. The van der Waals surface area contributed by atoms with Gasteiger partial charge in [0.15, 0.2) is 6.29 Å². The van der Waals surface area contributed by atoms with Gasteiger partial charge >= 0.3 is 0 Å². The standard InChI is InChI=1S/C9H20O2S/c1-4-5-6-7-12-8-9(10-2)11-3/h9H,4-8H2,1-3H3. The summed E-state index contributed by atoms with van der Waals surface area (Å²) in [5.41, 5.74) is 0. The first-order chi connectivity index (χ1) is 5.85. The topological polar surface area (TPSA) is 18.5 Å². The van der Waals surface area contributed by atoms with Crippen molar-refractivity contribution < 1.29 is 9.47 Å². The van der Waals surface area contributed by atoms with Gasteiger partial charge in [-0.2, -0.15) is 11.8 Å². The highest BCUT2D eigenvalue weighted by atomic mass is 32.2. The Hall–Kier alpha value is 0.270. The van der Waals surface area contributed by atoms with Crippen molar-refractivity contribution in [2.24, 2.45) is 0 Å². The molecule has 0 aromatic rings. The van der Waals surface area contributed by atoms with E-state index in [-0.39, 0.29) is 6.29 Å². The van der Waals surface area contributed by atoms with Crippen LogP contribution in [0, 0.1) is 0 Å². The second-order valence-electron chi connectivity index (χ2n) is 2.68. The molecule has 0 spiro atoms. The maximum absolute atomic E-state index is 5.06. The summed E-state index contributed by atoms with van der Waals surface area (Å²) in [7, 11) is 3.36. The van der Waals surface area contributed by atoms with Gasteiger partial charge in [0.1, 0.15) is 0 Å². The zero-order chi connectivity index (χ0) is 9.23. The molecule has 0 aliphatic rings. The SMILES string of the molecule is CCCCCSCC(OC)OC. The summed E-state index contributed by atoms with van der Waals surface area (Å²) in [6, 6.07) is 0. The Bertz CT molecular complexity index is 84.6. The van der Waals surface area contributed by atoms with Crippen molar-refractivity contribution in [3.8, 4) is 0 Å². The molecule has 0 amide bonds. The van der Waals surface area contributed by atoms with E-state index in [1.165, 1.54) is 25.0 Å². The fourth-order valence-electron chi connectivity index (χ4n) is 0.866. The van der Waals surface area contributed by atoms with Crippen LogP contribution >= 0.6 is 11.8 Å². The predicted octanol–water partition coefficient (Wildman–Crippen LogP) is 2.53. The normalized spacial score (nSPS) is 11.0. The molecule has 0 aromatic carbocycles. The first-order valence-corrected chi connectivity index (χ1v) is 5.64. The van der Waals surface area contributed by atoms with Crippen molar-refractivity contribution in [1.29, 1.82) is 0 Å². The fraction of sp³-hybridized carbons (Fsp3) is 1.00. The van der Waals surface area contributed by atoms with Gasteiger partial charge in [0.2, 0.25) is 0 Å². The van der Waals surface area contributed by atoms with Crippen molar-refractivity contribution in [2.75, 3.05) is 25.7 Å². The lowest BCUT2D eigenvalue weighted by Crippen LogP contribution is -2.15. The highest BCUT2D eigenvalue weighted by Gasteiger charge is 2.03. The quantitative estimate of drug-likeness (QED) is 0.435. The zero-order valence-electron chi connectivity index (χ0n) is 8.34. The fourth-order valence-corrected chi connectivity index (χ4v) is 1.91. The average molecular weight is 192 g/mol. The number of hydrogen-bond acceptors (Lipinski definition) is 3. The second kappa shape index (κ2) is 9.36. The van der Waals surface area contributed by atoms with Crippen molar-refractivity contribution in [2.45, 2.75) is 32.5 Å². The summed E-state index contributed by atoms with van der Waals surface area (Å²) in [4.78, 5) is 0. The van der Waals surface area contributed by atoms with E-state index in [4.69, 9.17) is 9.47 Å². The van der Waals surface area contributed by atoms with E-state index in [0.717, 1.165) is 5.75 Å². The molecule has 0 fully saturated rings. The Kier molecular flexibility index (Phi) is 9.57. The molecular weight excluding hydrogens is 172 g/mol. The number of thioether (sulfide) groups is 1. The Morgan fingerprint density at radius 2 is 1.83 bits per heavy atom. The van der Waals surface area contributed by atoms with Gasteiger partial charge in [0.25, 0.3) is 0 Å². The largest absolute Gasteiger partial charge is 0.355 e. The number of hydrogen-bond donors (Lipinski definition) is 0. The molecule has 0 N–H and O–H groups in total. The van der Waals surface area contributed by atoms with E-state index in [2.05, 4.69) is 6.92 Å². The monoisotopic (exact) mass is 192 g/mol. The van der Waals surface area contributed by atoms with Crippen LogP contribution in [0.4, 0.5) is 0 Å². The summed E-state index contributed by atoms with van der Waals surface area (Å²) >= 11 is 1.90.